The first-order valence-electron chi connectivity index (χ1n) is 9.66. The SMILES string of the molecule is O=C(NO)c1ccc2c(c1)CCC(c1cccc(OCc3ccc(I)cc3)c1)C2. The molecule has 2 N–H and O–H groups in total. The molecule has 1 unspecified atom stereocenters. The van der Waals surface area contributed by atoms with Gasteiger partial charge in [0.05, 0.1) is 0 Å². The van der Waals surface area contributed by atoms with Crippen molar-refractivity contribution in [1.29, 1.82) is 0 Å². The second-order valence-corrected chi connectivity index (χ2v) is 8.60. The Bertz CT molecular complexity index is 1020. The molecule has 1 amide bonds. The molecule has 0 aliphatic heterocycles. The van der Waals surface area contributed by atoms with E-state index in [4.69, 9.17) is 9.94 Å². The second-order valence-electron chi connectivity index (χ2n) is 7.35. The van der Waals surface area contributed by atoms with Gasteiger partial charge in [-0.05, 0) is 106 Å². The molecule has 148 valence electrons. The van der Waals surface area contributed by atoms with Crippen LogP contribution in [0.5, 0.6) is 5.75 Å². The molecule has 5 heteroatoms. The fourth-order valence-corrected chi connectivity index (χ4v) is 4.21. The zero-order valence-corrected chi connectivity index (χ0v) is 18.1. The number of halogens is 1. The fraction of sp³-hybridized carbons (Fsp3) is 0.208. The Morgan fingerprint density at radius 2 is 1.90 bits per heavy atom. The first kappa shape index (κ1) is 19.9. The summed E-state index contributed by atoms with van der Waals surface area (Å²) in [7, 11) is 0. The summed E-state index contributed by atoms with van der Waals surface area (Å²) in [5.74, 6) is 0.858. The number of carbonyl (C=O) groups is 1. The van der Waals surface area contributed by atoms with E-state index >= 15 is 0 Å². The van der Waals surface area contributed by atoms with Crippen molar-refractivity contribution in [2.24, 2.45) is 0 Å². The minimum atomic E-state index is -0.465. The average Bonchev–Trinajstić information content (AvgIpc) is 2.77. The maximum absolute atomic E-state index is 11.6. The normalized spacial score (nSPS) is 15.4. The van der Waals surface area contributed by atoms with Crippen molar-refractivity contribution >= 4 is 28.5 Å². The van der Waals surface area contributed by atoms with Crippen LogP contribution >= 0.6 is 22.6 Å². The predicted molar refractivity (Wildman–Crippen MR) is 120 cm³/mol. The van der Waals surface area contributed by atoms with E-state index in [1.165, 1.54) is 20.3 Å². The lowest BCUT2D eigenvalue weighted by atomic mass is 9.79. The zero-order valence-electron chi connectivity index (χ0n) is 15.9. The van der Waals surface area contributed by atoms with E-state index in [9.17, 15) is 4.79 Å². The van der Waals surface area contributed by atoms with Crippen LogP contribution in [0.1, 0.15) is 45.0 Å². The van der Waals surface area contributed by atoms with E-state index in [1.807, 2.05) is 18.2 Å². The fourth-order valence-electron chi connectivity index (χ4n) is 3.85. The van der Waals surface area contributed by atoms with Crippen LogP contribution in [-0.4, -0.2) is 11.1 Å². The Hall–Kier alpha value is -2.38. The Morgan fingerprint density at radius 1 is 1.07 bits per heavy atom. The maximum atomic E-state index is 11.6. The molecule has 0 radical (unpaired) electrons. The largest absolute Gasteiger partial charge is 0.489 e. The molecule has 29 heavy (non-hydrogen) atoms. The van der Waals surface area contributed by atoms with Crippen molar-refractivity contribution in [1.82, 2.24) is 5.48 Å². The number of fused-ring (bicyclic) bond motifs is 1. The summed E-state index contributed by atoms with van der Waals surface area (Å²) in [5.41, 5.74) is 7.09. The van der Waals surface area contributed by atoms with E-state index in [1.54, 1.807) is 11.5 Å². The highest BCUT2D eigenvalue weighted by atomic mass is 127. The summed E-state index contributed by atoms with van der Waals surface area (Å²) >= 11 is 2.30. The van der Waals surface area contributed by atoms with Crippen LogP contribution in [0.25, 0.3) is 0 Å². The summed E-state index contributed by atoms with van der Waals surface area (Å²) in [5, 5.41) is 8.83. The number of carbonyl (C=O) groups excluding carboxylic acids is 1. The van der Waals surface area contributed by atoms with Crippen LogP contribution in [0.2, 0.25) is 0 Å². The molecule has 4 nitrogen and oxygen atoms in total. The van der Waals surface area contributed by atoms with Crippen LogP contribution in [0.3, 0.4) is 0 Å². The van der Waals surface area contributed by atoms with Crippen molar-refractivity contribution in [3.63, 3.8) is 0 Å². The Morgan fingerprint density at radius 3 is 2.69 bits per heavy atom. The first-order valence-corrected chi connectivity index (χ1v) is 10.7. The van der Waals surface area contributed by atoms with Gasteiger partial charge in [0.1, 0.15) is 12.4 Å². The summed E-state index contributed by atoms with van der Waals surface area (Å²) in [4.78, 5) is 11.6. The topological polar surface area (TPSA) is 58.6 Å². The first-order chi connectivity index (χ1) is 14.1. The molecular weight excluding hydrogens is 477 g/mol. The molecule has 0 bridgehead atoms. The quantitative estimate of drug-likeness (QED) is 0.286. The highest BCUT2D eigenvalue weighted by Crippen LogP contribution is 2.34. The Balaban J connectivity index is 1.45. The summed E-state index contributed by atoms with van der Waals surface area (Å²) in [6.45, 7) is 0.559. The Kier molecular flexibility index (Phi) is 6.16. The molecule has 1 aliphatic carbocycles. The predicted octanol–water partition coefficient (Wildman–Crippen LogP) is 5.26. The molecule has 0 fully saturated rings. The highest BCUT2D eigenvalue weighted by molar-refractivity contribution is 14.1. The number of hydrogen-bond acceptors (Lipinski definition) is 3. The van der Waals surface area contributed by atoms with Gasteiger partial charge >= 0.3 is 0 Å². The number of benzene rings is 3. The summed E-state index contributed by atoms with van der Waals surface area (Å²) < 4.78 is 7.23. The lowest BCUT2D eigenvalue weighted by molar-refractivity contribution is 0.0706. The zero-order chi connectivity index (χ0) is 20.2. The molecule has 3 aromatic rings. The van der Waals surface area contributed by atoms with Crippen molar-refractivity contribution in [3.05, 3.63) is 98.1 Å². The number of aryl methyl sites for hydroxylation is 1. The number of ether oxygens (including phenoxy) is 1. The lowest BCUT2D eigenvalue weighted by Gasteiger charge is -2.25. The van der Waals surface area contributed by atoms with Gasteiger partial charge < -0.3 is 4.74 Å². The van der Waals surface area contributed by atoms with Crippen LogP contribution in [0, 0.1) is 3.57 Å². The number of rotatable bonds is 5. The molecule has 3 aromatic carbocycles. The van der Waals surface area contributed by atoms with Crippen molar-refractivity contribution in [2.45, 2.75) is 31.8 Å². The monoisotopic (exact) mass is 499 g/mol. The smallest absolute Gasteiger partial charge is 0.274 e. The summed E-state index contributed by atoms with van der Waals surface area (Å²) in [6, 6.07) is 22.4. The van der Waals surface area contributed by atoms with Gasteiger partial charge in [0, 0.05) is 9.13 Å². The molecule has 1 aliphatic rings. The van der Waals surface area contributed by atoms with Gasteiger partial charge in [-0.15, -0.1) is 0 Å². The molecule has 4 rings (SSSR count). The van der Waals surface area contributed by atoms with E-state index in [0.717, 1.165) is 30.6 Å². The minimum absolute atomic E-state index is 0.432. The van der Waals surface area contributed by atoms with E-state index in [-0.39, 0.29) is 0 Å². The van der Waals surface area contributed by atoms with Gasteiger partial charge in [0.25, 0.3) is 5.91 Å². The van der Waals surface area contributed by atoms with Gasteiger partial charge in [0.15, 0.2) is 0 Å². The molecule has 0 saturated heterocycles. The number of amides is 1. The number of hydroxylamine groups is 1. The molecule has 1 atom stereocenters. The average molecular weight is 499 g/mol. The van der Waals surface area contributed by atoms with Crippen molar-refractivity contribution in [2.75, 3.05) is 0 Å². The third kappa shape index (κ3) is 4.79. The van der Waals surface area contributed by atoms with Gasteiger partial charge in [-0.3, -0.25) is 10.0 Å². The van der Waals surface area contributed by atoms with E-state index in [0.29, 0.717) is 18.1 Å². The second kappa shape index (κ2) is 8.97. The molecule has 0 aromatic heterocycles. The molecule has 0 heterocycles. The molecular formula is C24H22INO3. The van der Waals surface area contributed by atoms with Gasteiger partial charge in [-0.2, -0.15) is 0 Å². The van der Waals surface area contributed by atoms with Crippen LogP contribution in [-0.2, 0) is 19.4 Å². The summed E-state index contributed by atoms with van der Waals surface area (Å²) in [6.07, 6.45) is 2.88. The third-order valence-corrected chi connectivity index (χ3v) is 6.17. The van der Waals surface area contributed by atoms with Gasteiger partial charge in [-0.1, -0.05) is 30.3 Å². The van der Waals surface area contributed by atoms with Crippen molar-refractivity contribution < 1.29 is 14.7 Å². The van der Waals surface area contributed by atoms with Crippen LogP contribution < -0.4 is 10.2 Å². The van der Waals surface area contributed by atoms with Gasteiger partial charge in [0.2, 0.25) is 0 Å². The van der Waals surface area contributed by atoms with Crippen LogP contribution in [0.4, 0.5) is 0 Å². The molecule has 0 saturated carbocycles. The van der Waals surface area contributed by atoms with Crippen molar-refractivity contribution in [3.8, 4) is 5.75 Å². The number of nitrogens with one attached hydrogen (secondary N) is 1. The van der Waals surface area contributed by atoms with Gasteiger partial charge in [-0.25, -0.2) is 5.48 Å². The van der Waals surface area contributed by atoms with Crippen LogP contribution in [0.15, 0.2) is 66.7 Å². The maximum Gasteiger partial charge on any atom is 0.274 e. The highest BCUT2D eigenvalue weighted by Gasteiger charge is 2.21. The minimum Gasteiger partial charge on any atom is -0.489 e. The number of hydrogen-bond donors (Lipinski definition) is 2. The lowest BCUT2D eigenvalue weighted by Crippen LogP contribution is -2.20. The van der Waals surface area contributed by atoms with E-state index in [2.05, 4.69) is 65.1 Å². The Labute approximate surface area is 184 Å². The molecule has 0 spiro atoms. The standard InChI is InChI=1S/C24H22INO3/c25-22-10-4-16(5-11-22)15-29-23-3-1-2-17(14-23)18-6-7-20-13-21(24(27)26-28)9-8-19(20)12-18/h1-5,8-11,13-14,18,28H,6-7,12,15H2,(H,26,27). The third-order valence-electron chi connectivity index (χ3n) is 5.45. The van der Waals surface area contributed by atoms with E-state index < -0.39 is 5.91 Å².